The van der Waals surface area contributed by atoms with Gasteiger partial charge in [0.25, 0.3) is 11.7 Å². The zero-order valence-electron chi connectivity index (χ0n) is 18.0. The van der Waals surface area contributed by atoms with Gasteiger partial charge in [0.05, 0.1) is 17.2 Å². The number of likely N-dealkylation sites (tertiary alicyclic amines) is 1. The van der Waals surface area contributed by atoms with Crippen LogP contribution in [0.1, 0.15) is 35.6 Å². The lowest BCUT2D eigenvalue weighted by atomic mass is 9.99. The number of carbonyl (C=O) groups excluding carboxylic acids is 2. The van der Waals surface area contributed by atoms with E-state index in [1.165, 1.54) is 35.2 Å². The lowest BCUT2D eigenvalue weighted by Crippen LogP contribution is -2.29. The lowest BCUT2D eigenvalue weighted by Gasteiger charge is -2.23. The van der Waals surface area contributed by atoms with Gasteiger partial charge in [-0.15, -0.1) is 0 Å². The average Bonchev–Trinajstić information content (AvgIpc) is 3.32. The van der Waals surface area contributed by atoms with E-state index < -0.39 is 29.3 Å². The van der Waals surface area contributed by atoms with Crippen LogP contribution in [0.25, 0.3) is 5.76 Å². The van der Waals surface area contributed by atoms with Gasteiger partial charge in [0.15, 0.2) is 0 Å². The summed E-state index contributed by atoms with van der Waals surface area (Å²) in [6.07, 6.45) is 0. The highest BCUT2D eigenvalue weighted by Crippen LogP contribution is 2.42. The van der Waals surface area contributed by atoms with Gasteiger partial charge in [-0.05, 0) is 61.9 Å². The number of aliphatic hydroxyl groups excluding tert-OH is 1. The standard InChI is InChI=1S/C25H21ClFNO5/c1-3-32-17-9-10-19(26)18(12-17)23(29)21-22(20-11-4-14(2)33-20)28(25(31)24(21)30)13-15-5-7-16(27)8-6-15/h4-12,22,29H,3,13H2,1-2H3/b23-21+. The van der Waals surface area contributed by atoms with Crippen molar-refractivity contribution in [1.29, 1.82) is 0 Å². The van der Waals surface area contributed by atoms with Crippen LogP contribution in [0.3, 0.4) is 0 Å². The molecule has 0 spiro atoms. The summed E-state index contributed by atoms with van der Waals surface area (Å²) in [5.74, 6) is -1.18. The van der Waals surface area contributed by atoms with Gasteiger partial charge in [0.1, 0.15) is 34.9 Å². The number of hydrogen-bond donors (Lipinski definition) is 1. The molecule has 1 aromatic heterocycles. The monoisotopic (exact) mass is 469 g/mol. The summed E-state index contributed by atoms with van der Waals surface area (Å²) in [5.41, 5.74) is 0.630. The smallest absolute Gasteiger partial charge is 0.296 e. The number of carbonyl (C=O) groups is 2. The van der Waals surface area contributed by atoms with Gasteiger partial charge < -0.3 is 19.2 Å². The number of benzene rings is 2. The molecule has 2 aromatic carbocycles. The molecule has 33 heavy (non-hydrogen) atoms. The Bertz CT molecular complexity index is 1250. The van der Waals surface area contributed by atoms with E-state index in [1.807, 2.05) is 6.92 Å². The van der Waals surface area contributed by atoms with Crippen molar-refractivity contribution in [2.45, 2.75) is 26.4 Å². The Kier molecular flexibility index (Phi) is 6.24. The van der Waals surface area contributed by atoms with Crippen molar-refractivity contribution in [3.05, 3.63) is 93.7 Å². The van der Waals surface area contributed by atoms with Gasteiger partial charge in [0.2, 0.25) is 0 Å². The predicted molar refractivity (Wildman–Crippen MR) is 120 cm³/mol. The van der Waals surface area contributed by atoms with Crippen LogP contribution >= 0.6 is 11.6 Å². The van der Waals surface area contributed by atoms with Crippen LogP contribution in [-0.2, 0) is 16.1 Å². The molecule has 1 atom stereocenters. The Hall–Kier alpha value is -3.58. The third-order valence-electron chi connectivity index (χ3n) is 5.34. The van der Waals surface area contributed by atoms with Crippen LogP contribution in [0.15, 0.2) is 64.6 Å². The molecular formula is C25H21ClFNO5. The van der Waals surface area contributed by atoms with Crippen LogP contribution in [-0.4, -0.2) is 28.3 Å². The van der Waals surface area contributed by atoms with Gasteiger partial charge >= 0.3 is 0 Å². The SMILES string of the molecule is CCOc1ccc(Cl)c(/C(O)=C2\C(=O)C(=O)N(Cc3ccc(F)cc3)C2c2ccc(C)o2)c1. The number of halogens is 2. The Labute approximate surface area is 194 Å². The number of ether oxygens (including phenoxy) is 1. The second-order valence-electron chi connectivity index (χ2n) is 7.58. The average molecular weight is 470 g/mol. The molecule has 2 heterocycles. The van der Waals surface area contributed by atoms with Crippen molar-refractivity contribution >= 4 is 29.1 Å². The second kappa shape index (κ2) is 9.11. The van der Waals surface area contributed by atoms with E-state index in [0.29, 0.717) is 29.4 Å². The van der Waals surface area contributed by atoms with E-state index in [4.69, 9.17) is 20.8 Å². The first-order chi connectivity index (χ1) is 15.8. The molecule has 1 aliphatic heterocycles. The van der Waals surface area contributed by atoms with Crippen molar-refractivity contribution in [1.82, 2.24) is 4.90 Å². The minimum absolute atomic E-state index is 0.0127. The zero-order valence-corrected chi connectivity index (χ0v) is 18.7. The van der Waals surface area contributed by atoms with Gasteiger partial charge in [-0.3, -0.25) is 9.59 Å². The van der Waals surface area contributed by atoms with Crippen molar-refractivity contribution < 1.29 is 28.2 Å². The molecule has 0 aliphatic carbocycles. The molecule has 6 nitrogen and oxygen atoms in total. The van der Waals surface area contributed by atoms with Crippen molar-refractivity contribution in [2.24, 2.45) is 0 Å². The minimum Gasteiger partial charge on any atom is -0.507 e. The predicted octanol–water partition coefficient (Wildman–Crippen LogP) is 5.40. The Balaban J connectivity index is 1.85. The molecule has 0 bridgehead atoms. The quantitative estimate of drug-likeness (QED) is 0.297. The first-order valence-corrected chi connectivity index (χ1v) is 10.7. The Morgan fingerprint density at radius 3 is 2.52 bits per heavy atom. The van der Waals surface area contributed by atoms with Crippen LogP contribution < -0.4 is 4.74 Å². The van der Waals surface area contributed by atoms with E-state index in [9.17, 15) is 19.1 Å². The van der Waals surface area contributed by atoms with E-state index >= 15 is 0 Å². The minimum atomic E-state index is -0.990. The first kappa shape index (κ1) is 22.6. The number of Topliss-reactive ketones (excluding diaryl/α,β-unsaturated/α-hetero) is 1. The van der Waals surface area contributed by atoms with Crippen LogP contribution in [0.4, 0.5) is 4.39 Å². The van der Waals surface area contributed by atoms with E-state index in [1.54, 1.807) is 31.2 Å². The van der Waals surface area contributed by atoms with Gasteiger partial charge in [0, 0.05) is 12.1 Å². The molecule has 1 fully saturated rings. The van der Waals surface area contributed by atoms with Crippen molar-refractivity contribution in [3.8, 4) is 5.75 Å². The lowest BCUT2D eigenvalue weighted by molar-refractivity contribution is -0.140. The summed E-state index contributed by atoms with van der Waals surface area (Å²) >= 11 is 6.31. The summed E-state index contributed by atoms with van der Waals surface area (Å²) < 4.78 is 24.6. The fourth-order valence-electron chi connectivity index (χ4n) is 3.81. The number of hydrogen-bond acceptors (Lipinski definition) is 5. The molecule has 1 saturated heterocycles. The summed E-state index contributed by atoms with van der Waals surface area (Å²) in [6.45, 7) is 3.96. The largest absolute Gasteiger partial charge is 0.507 e. The van der Waals surface area contributed by atoms with Crippen LogP contribution in [0.2, 0.25) is 5.02 Å². The number of nitrogens with zero attached hydrogens (tertiary/aromatic N) is 1. The molecule has 1 N–H and O–H groups in total. The number of furan rings is 1. The molecule has 0 radical (unpaired) electrons. The molecule has 170 valence electrons. The third kappa shape index (κ3) is 4.36. The van der Waals surface area contributed by atoms with Gasteiger partial charge in [-0.25, -0.2) is 4.39 Å². The number of amides is 1. The van der Waals surface area contributed by atoms with Gasteiger partial charge in [-0.2, -0.15) is 0 Å². The summed E-state index contributed by atoms with van der Waals surface area (Å²) in [5, 5.41) is 11.4. The molecule has 4 rings (SSSR count). The molecule has 8 heteroatoms. The van der Waals surface area contributed by atoms with Crippen LogP contribution in [0, 0.1) is 12.7 Å². The zero-order chi connectivity index (χ0) is 23.7. The summed E-state index contributed by atoms with van der Waals surface area (Å²) in [4.78, 5) is 27.4. The highest BCUT2D eigenvalue weighted by Gasteiger charge is 2.47. The first-order valence-electron chi connectivity index (χ1n) is 10.3. The van der Waals surface area contributed by atoms with E-state index in [2.05, 4.69) is 0 Å². The van der Waals surface area contributed by atoms with Crippen LogP contribution in [0.5, 0.6) is 5.75 Å². The molecule has 3 aromatic rings. The molecule has 1 unspecified atom stereocenters. The number of rotatable bonds is 6. The molecule has 1 aliphatic rings. The highest BCUT2D eigenvalue weighted by molar-refractivity contribution is 6.46. The number of aryl methyl sites for hydroxylation is 1. The van der Waals surface area contributed by atoms with E-state index in [-0.39, 0.29) is 22.7 Å². The van der Waals surface area contributed by atoms with Crippen molar-refractivity contribution in [3.63, 3.8) is 0 Å². The fraction of sp³-hybridized carbons (Fsp3) is 0.200. The summed E-state index contributed by atoms with van der Waals surface area (Å²) in [7, 11) is 0. The molecule has 0 saturated carbocycles. The number of aliphatic hydroxyl groups is 1. The Morgan fingerprint density at radius 1 is 1.15 bits per heavy atom. The summed E-state index contributed by atoms with van der Waals surface area (Å²) in [6, 6.07) is 12.7. The number of ketones is 1. The fourth-order valence-corrected chi connectivity index (χ4v) is 4.02. The maximum Gasteiger partial charge on any atom is 0.296 e. The molecule has 1 amide bonds. The molecular weight excluding hydrogens is 449 g/mol. The Morgan fingerprint density at radius 2 is 1.88 bits per heavy atom. The van der Waals surface area contributed by atoms with E-state index in [0.717, 1.165) is 0 Å². The second-order valence-corrected chi connectivity index (χ2v) is 7.98. The van der Waals surface area contributed by atoms with Gasteiger partial charge in [-0.1, -0.05) is 23.7 Å². The third-order valence-corrected chi connectivity index (χ3v) is 5.67. The van der Waals surface area contributed by atoms with Crippen molar-refractivity contribution in [2.75, 3.05) is 6.61 Å². The topological polar surface area (TPSA) is 80.0 Å². The maximum atomic E-state index is 13.4. The highest BCUT2D eigenvalue weighted by atomic mass is 35.5. The normalized spacial score (nSPS) is 17.6. The maximum absolute atomic E-state index is 13.4.